The van der Waals surface area contributed by atoms with E-state index in [4.69, 9.17) is 23.2 Å². The van der Waals surface area contributed by atoms with Crippen LogP contribution in [0.1, 0.15) is 17.7 Å². The molecule has 0 saturated carbocycles. The molecule has 0 aliphatic carbocycles. The van der Waals surface area contributed by atoms with Crippen molar-refractivity contribution in [1.29, 1.82) is 0 Å². The molecule has 6 nitrogen and oxygen atoms in total. The van der Waals surface area contributed by atoms with Gasteiger partial charge in [-0.1, -0.05) is 23.2 Å². The largest absolute Gasteiger partial charge is 0.242 e. The maximum absolute atomic E-state index is 12.3. The van der Waals surface area contributed by atoms with Crippen LogP contribution in [0.5, 0.6) is 0 Å². The maximum atomic E-state index is 12.3. The van der Waals surface area contributed by atoms with Gasteiger partial charge in [0.15, 0.2) is 5.65 Å². The van der Waals surface area contributed by atoms with E-state index in [1.54, 1.807) is 16.8 Å². The van der Waals surface area contributed by atoms with Gasteiger partial charge in [-0.2, -0.15) is 5.10 Å². The molecule has 2 aromatic heterocycles. The smallest absolute Gasteiger partial charge is 0.237 e. The summed E-state index contributed by atoms with van der Waals surface area (Å²) in [5, 5.41) is 4.77. The lowest BCUT2D eigenvalue weighted by Crippen LogP contribution is -2.25. The van der Waals surface area contributed by atoms with Gasteiger partial charge in [0.2, 0.25) is 10.0 Å². The van der Waals surface area contributed by atoms with Crippen molar-refractivity contribution in [2.45, 2.75) is 24.7 Å². The summed E-state index contributed by atoms with van der Waals surface area (Å²) in [5.41, 5.74) is 2.67. The molecule has 3 aromatic rings. The molecule has 0 aliphatic rings. The van der Waals surface area contributed by atoms with Gasteiger partial charge in [0, 0.05) is 30.0 Å². The summed E-state index contributed by atoms with van der Waals surface area (Å²) in [4.78, 5) is 4.31. The van der Waals surface area contributed by atoms with Crippen molar-refractivity contribution in [2.24, 2.45) is 0 Å². The van der Waals surface area contributed by atoms with E-state index in [0.29, 0.717) is 17.9 Å². The normalized spacial score (nSPS) is 12.0. The number of fused-ring (bicyclic) bond motifs is 1. The lowest BCUT2D eigenvalue weighted by molar-refractivity contribution is 0.579. The number of aryl methyl sites for hydroxylation is 2. The predicted molar refractivity (Wildman–Crippen MR) is 97.7 cm³/mol. The molecule has 0 fully saturated rings. The van der Waals surface area contributed by atoms with Crippen molar-refractivity contribution in [1.82, 2.24) is 19.3 Å². The van der Waals surface area contributed by atoms with Gasteiger partial charge in [-0.3, -0.25) is 0 Å². The number of nitrogens with zero attached hydrogens (tertiary/aromatic N) is 3. The van der Waals surface area contributed by atoms with Crippen LogP contribution in [0.25, 0.3) is 5.65 Å². The zero-order chi connectivity index (χ0) is 18.0. The van der Waals surface area contributed by atoms with Crippen molar-refractivity contribution in [3.63, 3.8) is 0 Å². The molecule has 0 aliphatic heterocycles. The Labute approximate surface area is 155 Å². The van der Waals surface area contributed by atoms with Crippen LogP contribution in [0, 0.1) is 6.92 Å². The fourth-order valence-electron chi connectivity index (χ4n) is 2.42. The topological polar surface area (TPSA) is 76.4 Å². The van der Waals surface area contributed by atoms with E-state index in [-0.39, 0.29) is 16.5 Å². The van der Waals surface area contributed by atoms with Gasteiger partial charge in [-0.25, -0.2) is 22.6 Å². The average Bonchev–Trinajstić information content (AvgIpc) is 2.93. The van der Waals surface area contributed by atoms with Crippen molar-refractivity contribution in [3.8, 4) is 0 Å². The van der Waals surface area contributed by atoms with Gasteiger partial charge >= 0.3 is 0 Å². The number of rotatable bonds is 6. The molecule has 2 heterocycles. The molecule has 3 rings (SSSR count). The number of sulfonamides is 1. The SMILES string of the molecule is Cc1cc2ncc(CCCNS(=O)(=O)c3cc(Cl)ccc3Cl)cn2n1. The summed E-state index contributed by atoms with van der Waals surface area (Å²) >= 11 is 11.8. The molecule has 1 N–H and O–H groups in total. The summed E-state index contributed by atoms with van der Waals surface area (Å²) in [6.07, 6.45) is 4.97. The number of nitrogens with one attached hydrogen (secondary N) is 1. The Hall–Kier alpha value is -1.67. The van der Waals surface area contributed by atoms with Crippen LogP contribution in [0.3, 0.4) is 0 Å². The Morgan fingerprint density at radius 2 is 2.04 bits per heavy atom. The molecule has 0 unspecified atom stereocenters. The van der Waals surface area contributed by atoms with Crippen LogP contribution < -0.4 is 4.72 Å². The molecule has 0 amide bonds. The van der Waals surface area contributed by atoms with Crippen molar-refractivity contribution < 1.29 is 8.42 Å². The molecule has 0 spiro atoms. The third kappa shape index (κ3) is 4.30. The van der Waals surface area contributed by atoms with Crippen molar-refractivity contribution in [3.05, 3.63) is 58.0 Å². The molecule has 0 saturated heterocycles. The maximum Gasteiger partial charge on any atom is 0.242 e. The summed E-state index contributed by atoms with van der Waals surface area (Å²) in [6.45, 7) is 2.19. The molecule has 25 heavy (non-hydrogen) atoms. The van der Waals surface area contributed by atoms with Crippen LogP contribution >= 0.6 is 23.2 Å². The third-order valence-electron chi connectivity index (χ3n) is 3.61. The first-order valence-electron chi connectivity index (χ1n) is 7.61. The fourth-order valence-corrected chi connectivity index (χ4v) is 4.26. The fraction of sp³-hybridized carbons (Fsp3) is 0.250. The Morgan fingerprint density at radius 3 is 2.84 bits per heavy atom. The minimum atomic E-state index is -3.70. The van der Waals surface area contributed by atoms with Crippen LogP contribution in [0.4, 0.5) is 0 Å². The molecule has 1 aromatic carbocycles. The van der Waals surface area contributed by atoms with Gasteiger partial charge in [0.25, 0.3) is 0 Å². The summed E-state index contributed by atoms with van der Waals surface area (Å²) in [7, 11) is -3.70. The molecule has 0 bridgehead atoms. The Kier molecular flexibility index (Phi) is 5.29. The second kappa shape index (κ2) is 7.29. The molecule has 0 radical (unpaired) electrons. The highest BCUT2D eigenvalue weighted by Gasteiger charge is 2.17. The zero-order valence-corrected chi connectivity index (χ0v) is 15.7. The standard InChI is InChI=1S/C16H16Cl2N4O2S/c1-11-7-16-19-9-12(10-22(16)21-11)3-2-6-20-25(23,24)15-8-13(17)4-5-14(15)18/h4-5,7-10,20H,2-3,6H2,1H3. The zero-order valence-electron chi connectivity index (χ0n) is 13.4. The molecular formula is C16H16Cl2N4O2S. The van der Waals surface area contributed by atoms with Gasteiger partial charge in [0.05, 0.1) is 10.7 Å². The number of halogens is 2. The monoisotopic (exact) mass is 398 g/mol. The summed E-state index contributed by atoms with van der Waals surface area (Å²) in [6, 6.07) is 6.24. The average molecular weight is 399 g/mol. The highest BCUT2D eigenvalue weighted by Crippen LogP contribution is 2.24. The second-order valence-corrected chi connectivity index (χ2v) is 8.21. The predicted octanol–water partition coefficient (Wildman–Crippen LogP) is 3.26. The number of benzene rings is 1. The highest BCUT2D eigenvalue weighted by atomic mass is 35.5. The van der Waals surface area contributed by atoms with Gasteiger partial charge < -0.3 is 0 Å². The third-order valence-corrected chi connectivity index (χ3v) is 5.78. The van der Waals surface area contributed by atoms with Crippen molar-refractivity contribution in [2.75, 3.05) is 6.54 Å². The number of hydrogen-bond donors (Lipinski definition) is 1. The molecule has 132 valence electrons. The van der Waals surface area contributed by atoms with E-state index in [2.05, 4.69) is 14.8 Å². The van der Waals surface area contributed by atoms with E-state index in [1.807, 2.05) is 19.2 Å². The van der Waals surface area contributed by atoms with Crippen LogP contribution in [0.2, 0.25) is 10.0 Å². The highest BCUT2D eigenvalue weighted by molar-refractivity contribution is 7.89. The van der Waals surface area contributed by atoms with Crippen LogP contribution in [-0.4, -0.2) is 29.6 Å². The molecular weight excluding hydrogens is 383 g/mol. The van der Waals surface area contributed by atoms with E-state index < -0.39 is 10.0 Å². The van der Waals surface area contributed by atoms with E-state index in [1.165, 1.54) is 12.1 Å². The molecule has 9 heteroatoms. The molecule has 0 atom stereocenters. The van der Waals surface area contributed by atoms with E-state index in [0.717, 1.165) is 16.9 Å². The first kappa shape index (κ1) is 18.1. The van der Waals surface area contributed by atoms with E-state index in [9.17, 15) is 8.42 Å². The minimum absolute atomic E-state index is 0.0169. The lowest BCUT2D eigenvalue weighted by Gasteiger charge is -2.09. The van der Waals surface area contributed by atoms with Crippen LogP contribution in [0.15, 0.2) is 41.6 Å². The first-order valence-corrected chi connectivity index (χ1v) is 9.85. The van der Waals surface area contributed by atoms with Crippen LogP contribution in [-0.2, 0) is 16.4 Å². The van der Waals surface area contributed by atoms with E-state index >= 15 is 0 Å². The first-order chi connectivity index (χ1) is 11.8. The Bertz CT molecular complexity index is 1020. The minimum Gasteiger partial charge on any atom is -0.237 e. The summed E-state index contributed by atoms with van der Waals surface area (Å²) < 4.78 is 28.9. The lowest BCUT2D eigenvalue weighted by atomic mass is 10.2. The second-order valence-electron chi connectivity index (χ2n) is 5.63. The van der Waals surface area contributed by atoms with Gasteiger partial charge in [-0.15, -0.1) is 0 Å². The van der Waals surface area contributed by atoms with Gasteiger partial charge in [0.1, 0.15) is 4.90 Å². The number of aromatic nitrogens is 3. The quantitative estimate of drug-likeness (QED) is 0.646. The van der Waals surface area contributed by atoms with Crippen molar-refractivity contribution >= 4 is 38.9 Å². The Morgan fingerprint density at radius 1 is 1.24 bits per heavy atom. The number of hydrogen-bond acceptors (Lipinski definition) is 4. The Balaban J connectivity index is 1.60. The van der Waals surface area contributed by atoms with Gasteiger partial charge in [-0.05, 0) is 43.5 Å². The summed E-state index contributed by atoms with van der Waals surface area (Å²) in [5.74, 6) is 0.